The van der Waals surface area contributed by atoms with E-state index >= 15 is 0 Å². The number of aliphatic carboxylic acids is 1. The summed E-state index contributed by atoms with van der Waals surface area (Å²) in [5.74, 6) is -1.17. The van der Waals surface area contributed by atoms with E-state index in [1.165, 1.54) is 6.33 Å². The number of aryl methyl sites for hydroxylation is 2. The normalized spacial score (nSPS) is 17.7. The van der Waals surface area contributed by atoms with Gasteiger partial charge < -0.3 is 25.9 Å². The molecule has 4 heterocycles. The molecule has 2 unspecified atom stereocenters. The number of H-pyrrole nitrogens is 1. The quantitative estimate of drug-likeness (QED) is 0.263. The Hall–Kier alpha value is -3.80. The van der Waals surface area contributed by atoms with Crippen LogP contribution in [0.3, 0.4) is 0 Å². The zero-order chi connectivity index (χ0) is 29.2. The smallest absolute Gasteiger partial charge is 0.323 e. The predicted molar refractivity (Wildman–Crippen MR) is 154 cm³/mol. The fourth-order valence-corrected chi connectivity index (χ4v) is 5.16. The number of anilines is 1. The Labute approximate surface area is 237 Å². The lowest BCUT2D eigenvalue weighted by Gasteiger charge is -2.42. The molecule has 0 radical (unpaired) electrons. The number of pyridine rings is 1. The third kappa shape index (κ3) is 6.49. The summed E-state index contributed by atoms with van der Waals surface area (Å²) in [7, 11) is 0. The Bertz CT molecular complexity index is 1530. The molecule has 1 amide bonds. The monoisotopic (exact) mass is 567 g/mol. The molecule has 5 N–H and O–H groups in total. The van der Waals surface area contributed by atoms with Gasteiger partial charge in [0, 0.05) is 41.1 Å². The molecule has 212 valence electrons. The third-order valence-electron chi connectivity index (χ3n) is 6.79. The molecule has 5 rings (SSSR count). The van der Waals surface area contributed by atoms with Crippen LogP contribution < -0.4 is 11.1 Å². The van der Waals surface area contributed by atoms with Gasteiger partial charge in [-0.1, -0.05) is 11.6 Å². The molecule has 0 spiro atoms. The van der Waals surface area contributed by atoms with Crippen LogP contribution in [-0.2, 0) is 9.53 Å². The SMILES string of the molecule is Cc1ncnc(C)c1C(=O)NC(C)CN1CC(C)(C)OCC1C(=O)O.Nc1cc(Cl)cc2c1[nH]c1cnccc12. The van der Waals surface area contributed by atoms with Crippen LogP contribution in [0.5, 0.6) is 0 Å². The van der Waals surface area contributed by atoms with Crippen LogP contribution in [0, 0.1) is 13.8 Å². The summed E-state index contributed by atoms with van der Waals surface area (Å²) in [5, 5.41) is 15.1. The molecule has 2 atom stereocenters. The van der Waals surface area contributed by atoms with E-state index in [-0.39, 0.29) is 18.6 Å². The number of benzene rings is 1. The van der Waals surface area contributed by atoms with E-state index in [2.05, 4.69) is 25.3 Å². The topological polar surface area (TPSA) is 159 Å². The fraction of sp³-hybridized carbons (Fsp3) is 0.393. The number of hydrogen-bond acceptors (Lipinski definition) is 8. The van der Waals surface area contributed by atoms with Gasteiger partial charge in [0.25, 0.3) is 5.91 Å². The first-order chi connectivity index (χ1) is 18.9. The highest BCUT2D eigenvalue weighted by Crippen LogP contribution is 2.31. The number of fused-ring (bicyclic) bond motifs is 3. The van der Waals surface area contributed by atoms with Crippen LogP contribution in [0.2, 0.25) is 5.02 Å². The van der Waals surface area contributed by atoms with E-state index in [4.69, 9.17) is 22.1 Å². The minimum Gasteiger partial charge on any atom is -0.480 e. The Kier molecular flexibility index (Phi) is 8.57. The van der Waals surface area contributed by atoms with Crippen molar-refractivity contribution in [2.24, 2.45) is 0 Å². The standard InChI is InChI=1S/C17H26N4O4.C11H8ClN3/c1-10(20-15(22)14-11(2)18-9-19-12(14)3)6-21-8-17(4,5)25-7-13(21)16(23)24;12-6-3-8-7-1-2-14-5-10(7)15-11(8)9(13)4-6/h9-10,13H,6-8H2,1-5H3,(H,20,22)(H,23,24);1-5,15H,13H2. The number of nitrogens with two attached hydrogens (primary N) is 1. The van der Waals surface area contributed by atoms with Gasteiger partial charge in [0.2, 0.25) is 0 Å². The molecule has 0 bridgehead atoms. The van der Waals surface area contributed by atoms with Crippen molar-refractivity contribution >= 4 is 51.0 Å². The van der Waals surface area contributed by atoms with Crippen LogP contribution >= 0.6 is 11.6 Å². The number of carbonyl (C=O) groups is 2. The number of nitrogen functional groups attached to an aromatic ring is 1. The molecule has 1 aliphatic rings. The number of morpholine rings is 1. The summed E-state index contributed by atoms with van der Waals surface area (Å²) in [6, 6.07) is 4.65. The molecule has 3 aromatic heterocycles. The first kappa shape index (κ1) is 29.2. The number of rotatable bonds is 5. The molecule has 11 nitrogen and oxygen atoms in total. The molecule has 1 aliphatic heterocycles. The average molecular weight is 568 g/mol. The Morgan fingerprint density at radius 2 is 1.98 bits per heavy atom. The number of aromatic nitrogens is 4. The summed E-state index contributed by atoms with van der Waals surface area (Å²) < 4.78 is 5.61. The van der Waals surface area contributed by atoms with Gasteiger partial charge in [0.1, 0.15) is 12.4 Å². The minimum absolute atomic E-state index is 0.133. The van der Waals surface area contributed by atoms with Gasteiger partial charge in [-0.3, -0.25) is 19.5 Å². The summed E-state index contributed by atoms with van der Waals surface area (Å²) in [6.07, 6.45) is 4.97. The summed E-state index contributed by atoms with van der Waals surface area (Å²) in [6.45, 7) is 10.3. The van der Waals surface area contributed by atoms with Gasteiger partial charge in [0.15, 0.2) is 0 Å². The van der Waals surface area contributed by atoms with Crippen molar-refractivity contribution < 1.29 is 19.4 Å². The molecule has 0 aliphatic carbocycles. The van der Waals surface area contributed by atoms with Gasteiger partial charge in [-0.2, -0.15) is 0 Å². The number of nitrogens with zero attached hydrogens (tertiary/aromatic N) is 4. The second-order valence-corrected chi connectivity index (χ2v) is 11.0. The van der Waals surface area contributed by atoms with Crippen molar-refractivity contribution in [1.29, 1.82) is 0 Å². The van der Waals surface area contributed by atoms with Crippen LogP contribution in [0.1, 0.15) is 42.5 Å². The molecule has 1 aromatic carbocycles. The van der Waals surface area contributed by atoms with Gasteiger partial charge in [-0.05, 0) is 52.8 Å². The Balaban J connectivity index is 0.000000208. The van der Waals surface area contributed by atoms with E-state index in [1.807, 2.05) is 37.8 Å². The van der Waals surface area contributed by atoms with Crippen molar-refractivity contribution in [3.05, 3.63) is 58.9 Å². The number of carboxylic acids is 1. The van der Waals surface area contributed by atoms with Crippen molar-refractivity contribution in [1.82, 2.24) is 30.2 Å². The van der Waals surface area contributed by atoms with Crippen LogP contribution in [-0.4, -0.2) is 79.2 Å². The molecule has 1 fully saturated rings. The number of amides is 1. The summed E-state index contributed by atoms with van der Waals surface area (Å²) in [4.78, 5) is 41.2. The lowest BCUT2D eigenvalue weighted by Crippen LogP contribution is -2.59. The maximum absolute atomic E-state index is 12.5. The van der Waals surface area contributed by atoms with Crippen LogP contribution in [0.4, 0.5) is 5.69 Å². The average Bonchev–Trinajstić information content (AvgIpc) is 3.22. The Morgan fingerprint density at radius 1 is 1.27 bits per heavy atom. The zero-order valence-corrected chi connectivity index (χ0v) is 23.9. The maximum atomic E-state index is 12.5. The van der Waals surface area contributed by atoms with Gasteiger partial charge >= 0.3 is 5.97 Å². The van der Waals surface area contributed by atoms with E-state index in [1.54, 1.807) is 32.3 Å². The largest absolute Gasteiger partial charge is 0.480 e. The van der Waals surface area contributed by atoms with E-state index < -0.39 is 17.6 Å². The van der Waals surface area contributed by atoms with Crippen LogP contribution in [0.25, 0.3) is 21.8 Å². The lowest BCUT2D eigenvalue weighted by molar-refractivity contribution is -0.162. The fourth-order valence-electron chi connectivity index (χ4n) is 4.93. The number of halogens is 1. The van der Waals surface area contributed by atoms with Crippen molar-refractivity contribution in [2.75, 3.05) is 25.4 Å². The summed E-state index contributed by atoms with van der Waals surface area (Å²) >= 11 is 5.97. The molecular formula is C28H34ClN7O4. The highest BCUT2D eigenvalue weighted by molar-refractivity contribution is 6.32. The number of carbonyl (C=O) groups excluding carboxylic acids is 1. The van der Waals surface area contributed by atoms with E-state index in [0.717, 1.165) is 21.8 Å². The highest BCUT2D eigenvalue weighted by Gasteiger charge is 2.38. The maximum Gasteiger partial charge on any atom is 0.323 e. The molecule has 1 saturated heterocycles. The number of nitrogens with one attached hydrogen (secondary N) is 2. The second kappa shape index (κ2) is 11.7. The summed E-state index contributed by atoms with van der Waals surface area (Å²) in [5.41, 5.74) is 9.72. The van der Waals surface area contributed by atoms with Gasteiger partial charge in [0.05, 0.1) is 52.1 Å². The third-order valence-corrected chi connectivity index (χ3v) is 7.00. The van der Waals surface area contributed by atoms with E-state index in [9.17, 15) is 14.7 Å². The number of carboxylic acid groups (broad SMARTS) is 1. The van der Waals surface area contributed by atoms with Crippen molar-refractivity contribution in [3.8, 4) is 0 Å². The zero-order valence-electron chi connectivity index (χ0n) is 23.2. The highest BCUT2D eigenvalue weighted by atomic mass is 35.5. The molecule has 12 heteroatoms. The predicted octanol–water partition coefficient (Wildman–Crippen LogP) is 3.73. The van der Waals surface area contributed by atoms with Gasteiger partial charge in [-0.15, -0.1) is 0 Å². The first-order valence-corrected chi connectivity index (χ1v) is 13.2. The van der Waals surface area contributed by atoms with Gasteiger partial charge in [-0.25, -0.2) is 9.97 Å². The Morgan fingerprint density at radius 3 is 2.65 bits per heavy atom. The number of aromatic amines is 1. The van der Waals surface area contributed by atoms with Crippen molar-refractivity contribution in [2.45, 2.75) is 52.3 Å². The minimum atomic E-state index is -0.919. The molecule has 0 saturated carbocycles. The van der Waals surface area contributed by atoms with Crippen LogP contribution in [0.15, 0.2) is 36.9 Å². The molecule has 4 aromatic rings. The lowest BCUT2D eigenvalue weighted by atomic mass is 10.0. The molecule has 40 heavy (non-hydrogen) atoms. The molecular weight excluding hydrogens is 534 g/mol. The number of hydrogen-bond donors (Lipinski definition) is 4. The van der Waals surface area contributed by atoms with Crippen molar-refractivity contribution in [3.63, 3.8) is 0 Å². The van der Waals surface area contributed by atoms with E-state index in [0.29, 0.717) is 40.8 Å². The first-order valence-electron chi connectivity index (χ1n) is 12.9. The number of ether oxygens (including phenoxy) is 1. The second-order valence-electron chi connectivity index (χ2n) is 10.6.